The van der Waals surface area contributed by atoms with E-state index in [9.17, 15) is 0 Å². The molecule has 1 rings (SSSR count). The van der Waals surface area contributed by atoms with Gasteiger partial charge >= 0.3 is 0 Å². The Morgan fingerprint density at radius 2 is 2.09 bits per heavy atom. The third kappa shape index (κ3) is 2.81. The molecule has 1 heterocycles. The molecule has 0 N–H and O–H groups in total. The van der Waals surface area contributed by atoms with E-state index in [1.54, 1.807) is 0 Å². The lowest BCUT2D eigenvalue weighted by atomic mass is 10.2. The maximum atomic E-state index is 2.21. The smallest absolute Gasteiger partial charge is 0.0407 e. The molecule has 0 aromatic carbocycles. The van der Waals surface area contributed by atoms with Crippen molar-refractivity contribution >= 4 is 23.7 Å². The quantitative estimate of drug-likeness (QED) is 0.695. The van der Waals surface area contributed by atoms with Gasteiger partial charge in [-0.05, 0) is 32.5 Å². The van der Waals surface area contributed by atoms with Gasteiger partial charge in [0.2, 0.25) is 0 Å². The first-order valence-electron chi connectivity index (χ1n) is 3.41. The van der Waals surface area contributed by atoms with Crippen molar-refractivity contribution < 1.29 is 0 Å². The summed E-state index contributed by atoms with van der Waals surface area (Å²) in [5.74, 6) is 0. The molecular weight excluding hydrogens is 178 g/mol. The van der Waals surface area contributed by atoms with Gasteiger partial charge in [-0.3, -0.25) is 0 Å². The van der Waals surface area contributed by atoms with Crippen molar-refractivity contribution in [3.63, 3.8) is 0 Å². The van der Waals surface area contributed by atoms with Crippen LogP contribution in [-0.2, 0) is 0 Å². The molecule has 11 heavy (non-hydrogen) atoms. The normalized spacial score (nSPS) is 12.7. The summed E-state index contributed by atoms with van der Waals surface area (Å²) in [6.45, 7) is 2.21. The van der Waals surface area contributed by atoms with E-state index in [4.69, 9.17) is 0 Å². The van der Waals surface area contributed by atoms with E-state index in [-0.39, 0.29) is 12.4 Å². The summed E-state index contributed by atoms with van der Waals surface area (Å²) in [5.41, 5.74) is 0. The number of rotatable bonds is 2. The molecule has 1 unspecified atom stereocenters. The largest absolute Gasteiger partial charge is 0.302 e. The van der Waals surface area contributed by atoms with E-state index in [0.717, 1.165) is 0 Å². The van der Waals surface area contributed by atoms with Gasteiger partial charge < -0.3 is 4.90 Å². The highest BCUT2D eigenvalue weighted by Gasteiger charge is 2.06. The molecule has 0 aliphatic carbocycles. The van der Waals surface area contributed by atoms with Crippen molar-refractivity contribution in [1.29, 1.82) is 0 Å². The molecule has 0 fully saturated rings. The highest BCUT2D eigenvalue weighted by molar-refractivity contribution is 7.10. The Kier molecular flexibility index (Phi) is 4.73. The molecule has 1 aromatic rings. The third-order valence-corrected chi connectivity index (χ3v) is 2.77. The molecule has 3 heteroatoms. The van der Waals surface area contributed by atoms with E-state index in [2.05, 4.69) is 43.4 Å². The van der Waals surface area contributed by atoms with Crippen LogP contribution in [0.25, 0.3) is 0 Å². The van der Waals surface area contributed by atoms with Crippen LogP contribution in [0.15, 0.2) is 17.5 Å². The van der Waals surface area contributed by atoms with Gasteiger partial charge in [0.25, 0.3) is 0 Å². The lowest BCUT2D eigenvalue weighted by Gasteiger charge is -2.17. The lowest BCUT2D eigenvalue weighted by molar-refractivity contribution is 0.325. The fraction of sp³-hybridized carbons (Fsp3) is 0.500. The zero-order valence-corrected chi connectivity index (χ0v) is 8.71. The number of hydrogen-bond donors (Lipinski definition) is 0. The van der Waals surface area contributed by atoms with Crippen LogP contribution in [0.4, 0.5) is 0 Å². The Morgan fingerprint density at radius 3 is 2.45 bits per heavy atom. The van der Waals surface area contributed by atoms with Gasteiger partial charge in [0.1, 0.15) is 0 Å². The summed E-state index contributed by atoms with van der Waals surface area (Å²) in [5, 5.41) is 2.12. The molecule has 0 saturated heterocycles. The van der Waals surface area contributed by atoms with Gasteiger partial charge in [-0.1, -0.05) is 6.07 Å². The monoisotopic (exact) mass is 191 g/mol. The van der Waals surface area contributed by atoms with Crippen LogP contribution in [0.1, 0.15) is 17.8 Å². The minimum atomic E-state index is 0. The maximum Gasteiger partial charge on any atom is 0.0407 e. The van der Waals surface area contributed by atoms with Gasteiger partial charge in [-0.2, -0.15) is 0 Å². The molecule has 1 aromatic heterocycles. The van der Waals surface area contributed by atoms with Crippen LogP contribution < -0.4 is 0 Å². The minimum Gasteiger partial charge on any atom is -0.302 e. The Bertz CT molecular complexity index is 184. The van der Waals surface area contributed by atoms with Crippen LogP contribution in [0.3, 0.4) is 0 Å². The standard InChI is InChI=1S/C8H13NS.ClH/c1-7(9(2)3)8-5-4-6-10-8;/h4-7H,1-3H3;1H. The summed E-state index contributed by atoms with van der Waals surface area (Å²) < 4.78 is 0. The van der Waals surface area contributed by atoms with Crippen LogP contribution in [0.5, 0.6) is 0 Å². The first-order valence-corrected chi connectivity index (χ1v) is 4.29. The van der Waals surface area contributed by atoms with E-state index < -0.39 is 0 Å². The molecule has 0 aliphatic rings. The second-order valence-electron chi connectivity index (χ2n) is 2.66. The second-order valence-corrected chi connectivity index (χ2v) is 3.63. The lowest BCUT2D eigenvalue weighted by Crippen LogP contribution is -2.15. The summed E-state index contributed by atoms with van der Waals surface area (Å²) in [7, 11) is 4.20. The highest BCUT2D eigenvalue weighted by Crippen LogP contribution is 2.21. The van der Waals surface area contributed by atoms with Crippen LogP contribution >= 0.6 is 23.7 Å². The summed E-state index contributed by atoms with van der Waals surface area (Å²) in [6.07, 6.45) is 0. The van der Waals surface area contributed by atoms with Crippen molar-refractivity contribution in [2.24, 2.45) is 0 Å². The summed E-state index contributed by atoms with van der Waals surface area (Å²) >= 11 is 1.82. The molecular formula is C8H14ClNS. The summed E-state index contributed by atoms with van der Waals surface area (Å²) in [6, 6.07) is 4.83. The Labute approximate surface area is 78.4 Å². The van der Waals surface area contributed by atoms with Crippen LogP contribution in [-0.4, -0.2) is 19.0 Å². The van der Waals surface area contributed by atoms with Gasteiger partial charge in [0.05, 0.1) is 0 Å². The van der Waals surface area contributed by atoms with Crippen molar-refractivity contribution in [3.8, 4) is 0 Å². The van der Waals surface area contributed by atoms with E-state index in [1.807, 2.05) is 11.3 Å². The predicted molar refractivity (Wildman–Crippen MR) is 53.7 cm³/mol. The first kappa shape index (κ1) is 11.0. The minimum absolute atomic E-state index is 0. The van der Waals surface area contributed by atoms with Crippen molar-refractivity contribution in [2.75, 3.05) is 14.1 Å². The number of halogens is 1. The fourth-order valence-electron chi connectivity index (χ4n) is 0.783. The Hall–Kier alpha value is -0.0500. The van der Waals surface area contributed by atoms with Gasteiger partial charge in [-0.15, -0.1) is 23.7 Å². The molecule has 0 aliphatic heterocycles. The highest BCUT2D eigenvalue weighted by atomic mass is 35.5. The van der Waals surface area contributed by atoms with Crippen molar-refractivity contribution in [3.05, 3.63) is 22.4 Å². The second kappa shape index (κ2) is 4.75. The SMILES string of the molecule is CC(c1cccs1)N(C)C.Cl. The zero-order valence-electron chi connectivity index (χ0n) is 7.07. The number of hydrogen-bond acceptors (Lipinski definition) is 2. The number of thiophene rings is 1. The van der Waals surface area contributed by atoms with E-state index >= 15 is 0 Å². The molecule has 0 radical (unpaired) electrons. The predicted octanol–water partition coefficient (Wildman–Crippen LogP) is 2.79. The average molecular weight is 192 g/mol. The Morgan fingerprint density at radius 1 is 1.45 bits per heavy atom. The molecule has 1 nitrogen and oxygen atoms in total. The molecule has 0 saturated carbocycles. The maximum absolute atomic E-state index is 2.21. The molecule has 0 amide bonds. The molecule has 0 spiro atoms. The molecule has 0 bridgehead atoms. The fourth-order valence-corrected chi connectivity index (χ4v) is 1.66. The van der Waals surface area contributed by atoms with Gasteiger partial charge in [-0.25, -0.2) is 0 Å². The van der Waals surface area contributed by atoms with Crippen molar-refractivity contribution in [1.82, 2.24) is 4.90 Å². The van der Waals surface area contributed by atoms with E-state index in [0.29, 0.717) is 6.04 Å². The first-order chi connectivity index (χ1) is 4.72. The third-order valence-electron chi connectivity index (χ3n) is 1.73. The van der Waals surface area contributed by atoms with Crippen LogP contribution in [0.2, 0.25) is 0 Å². The van der Waals surface area contributed by atoms with Crippen LogP contribution in [0, 0.1) is 0 Å². The summed E-state index contributed by atoms with van der Waals surface area (Å²) in [4.78, 5) is 3.65. The van der Waals surface area contributed by atoms with E-state index in [1.165, 1.54) is 4.88 Å². The van der Waals surface area contributed by atoms with Crippen molar-refractivity contribution in [2.45, 2.75) is 13.0 Å². The Balaban J connectivity index is 0.000001000. The average Bonchev–Trinajstić information content (AvgIpc) is 2.36. The van der Waals surface area contributed by atoms with Gasteiger partial charge in [0, 0.05) is 10.9 Å². The number of nitrogens with zero attached hydrogens (tertiary/aromatic N) is 1. The molecule has 1 atom stereocenters. The zero-order chi connectivity index (χ0) is 7.56. The topological polar surface area (TPSA) is 3.24 Å². The van der Waals surface area contributed by atoms with Gasteiger partial charge in [0.15, 0.2) is 0 Å². The molecule has 64 valence electrons.